The molecular weight excluding hydrogens is 337 g/mol. The molecule has 2 rings (SSSR count). The second-order valence-electron chi connectivity index (χ2n) is 4.19. The van der Waals surface area contributed by atoms with Crippen molar-refractivity contribution in [2.75, 3.05) is 6.54 Å². The van der Waals surface area contributed by atoms with Gasteiger partial charge in [-0.05, 0) is 12.1 Å². The Labute approximate surface area is 132 Å². The first-order valence-electron chi connectivity index (χ1n) is 5.99. The molecule has 0 fully saturated rings. The molecule has 0 radical (unpaired) electrons. The molecule has 1 heterocycles. The fraction of sp³-hybridized carbons (Fsp3) is 0.250. The van der Waals surface area contributed by atoms with Crippen molar-refractivity contribution in [1.29, 1.82) is 0 Å². The van der Waals surface area contributed by atoms with Crippen molar-refractivity contribution < 1.29 is 13.5 Å². The van der Waals surface area contributed by atoms with Crippen molar-refractivity contribution >= 4 is 33.2 Å². The Morgan fingerprint density at radius 1 is 1.33 bits per heavy atom. The summed E-state index contributed by atoms with van der Waals surface area (Å²) in [5.41, 5.74) is 0.191. The van der Waals surface area contributed by atoms with Crippen LogP contribution in [0.1, 0.15) is 5.56 Å². The molecular formula is C12H13Cl2N3O3S. The van der Waals surface area contributed by atoms with Crippen LogP contribution in [-0.2, 0) is 23.2 Å². The van der Waals surface area contributed by atoms with Crippen LogP contribution in [0.2, 0.25) is 10.0 Å². The number of sulfonamides is 1. The number of benzene rings is 1. The molecule has 0 atom stereocenters. The third kappa shape index (κ3) is 3.75. The predicted octanol–water partition coefficient (Wildman–Crippen LogP) is 1.66. The topological polar surface area (TPSA) is 84.2 Å². The highest BCUT2D eigenvalue weighted by molar-refractivity contribution is 7.89. The highest BCUT2D eigenvalue weighted by atomic mass is 35.5. The molecule has 0 saturated heterocycles. The molecule has 0 bridgehead atoms. The molecule has 9 heteroatoms. The first kappa shape index (κ1) is 16.3. The van der Waals surface area contributed by atoms with Gasteiger partial charge in [0.25, 0.3) is 0 Å². The number of nitrogens with zero attached hydrogens (tertiary/aromatic N) is 2. The zero-order valence-electron chi connectivity index (χ0n) is 10.8. The van der Waals surface area contributed by atoms with Crippen LogP contribution in [-0.4, -0.2) is 29.6 Å². The van der Waals surface area contributed by atoms with Crippen molar-refractivity contribution in [3.63, 3.8) is 0 Å². The number of nitrogens with one attached hydrogen (secondary N) is 1. The minimum Gasteiger partial charge on any atom is -0.392 e. The second kappa shape index (κ2) is 6.76. The SMILES string of the molecule is O=S(=O)(NCCn1ccnc1)c1ccc(Cl)c(CO)c1Cl. The molecule has 0 aliphatic heterocycles. The van der Waals surface area contributed by atoms with Crippen molar-refractivity contribution in [1.82, 2.24) is 14.3 Å². The van der Waals surface area contributed by atoms with E-state index in [0.29, 0.717) is 6.54 Å². The lowest BCUT2D eigenvalue weighted by Gasteiger charge is -2.11. The van der Waals surface area contributed by atoms with E-state index >= 15 is 0 Å². The number of hydrogen-bond acceptors (Lipinski definition) is 4. The number of aliphatic hydroxyl groups excluding tert-OH is 1. The van der Waals surface area contributed by atoms with E-state index in [-0.39, 0.29) is 27.0 Å². The smallest absolute Gasteiger partial charge is 0.242 e. The van der Waals surface area contributed by atoms with Gasteiger partial charge < -0.3 is 9.67 Å². The molecule has 0 aliphatic rings. The van der Waals surface area contributed by atoms with Crippen LogP contribution in [0.4, 0.5) is 0 Å². The summed E-state index contributed by atoms with van der Waals surface area (Å²) >= 11 is 11.9. The number of aliphatic hydroxyl groups is 1. The summed E-state index contributed by atoms with van der Waals surface area (Å²) in [6.45, 7) is 0.194. The van der Waals surface area contributed by atoms with Gasteiger partial charge in [0, 0.05) is 36.1 Å². The van der Waals surface area contributed by atoms with Gasteiger partial charge in [-0.15, -0.1) is 0 Å². The van der Waals surface area contributed by atoms with Crippen LogP contribution in [0.25, 0.3) is 0 Å². The van der Waals surface area contributed by atoms with Gasteiger partial charge in [0.15, 0.2) is 0 Å². The summed E-state index contributed by atoms with van der Waals surface area (Å²) in [5.74, 6) is 0. The van der Waals surface area contributed by atoms with Crippen molar-refractivity contribution in [2.45, 2.75) is 18.0 Å². The first-order chi connectivity index (χ1) is 9.95. The minimum absolute atomic E-state index is 0.0693. The zero-order chi connectivity index (χ0) is 15.5. The zero-order valence-corrected chi connectivity index (χ0v) is 13.2. The fourth-order valence-corrected chi connectivity index (χ4v) is 3.65. The van der Waals surface area contributed by atoms with Crippen molar-refractivity contribution in [3.8, 4) is 0 Å². The van der Waals surface area contributed by atoms with Gasteiger partial charge in [-0.2, -0.15) is 0 Å². The highest BCUT2D eigenvalue weighted by Gasteiger charge is 2.20. The van der Waals surface area contributed by atoms with Crippen LogP contribution in [0.5, 0.6) is 0 Å². The average molecular weight is 350 g/mol. The number of rotatable bonds is 6. The summed E-state index contributed by atoms with van der Waals surface area (Å²) in [5, 5.41) is 9.35. The van der Waals surface area contributed by atoms with E-state index in [4.69, 9.17) is 23.2 Å². The summed E-state index contributed by atoms with van der Waals surface area (Å²) < 4.78 is 28.6. The molecule has 21 heavy (non-hydrogen) atoms. The third-order valence-electron chi connectivity index (χ3n) is 2.82. The molecule has 0 spiro atoms. The molecule has 0 saturated carbocycles. The van der Waals surface area contributed by atoms with Crippen LogP contribution in [0.3, 0.4) is 0 Å². The number of halogens is 2. The minimum atomic E-state index is -3.78. The van der Waals surface area contributed by atoms with E-state index in [1.165, 1.54) is 12.1 Å². The Bertz CT molecular complexity index is 718. The maximum absolute atomic E-state index is 12.2. The maximum atomic E-state index is 12.2. The highest BCUT2D eigenvalue weighted by Crippen LogP contribution is 2.30. The standard InChI is InChI=1S/C12H13Cl2N3O3S/c13-10-1-2-11(12(14)9(10)7-18)21(19,20)16-4-6-17-5-3-15-8-17/h1-3,5,8,16,18H,4,6-7H2. The molecule has 2 N–H and O–H groups in total. The first-order valence-corrected chi connectivity index (χ1v) is 8.23. The lowest BCUT2D eigenvalue weighted by atomic mass is 10.2. The van der Waals surface area contributed by atoms with E-state index in [9.17, 15) is 13.5 Å². The molecule has 114 valence electrons. The maximum Gasteiger partial charge on any atom is 0.242 e. The number of imidazole rings is 1. The molecule has 2 aromatic rings. The Balaban J connectivity index is 2.16. The monoisotopic (exact) mass is 349 g/mol. The molecule has 0 unspecified atom stereocenters. The lowest BCUT2D eigenvalue weighted by molar-refractivity contribution is 0.281. The van der Waals surface area contributed by atoms with Crippen molar-refractivity contribution in [2.24, 2.45) is 0 Å². The van der Waals surface area contributed by atoms with Crippen molar-refractivity contribution in [3.05, 3.63) is 46.5 Å². The quantitative estimate of drug-likeness (QED) is 0.830. The molecule has 6 nitrogen and oxygen atoms in total. The number of aromatic nitrogens is 2. The van der Waals surface area contributed by atoms with E-state index in [1.54, 1.807) is 23.3 Å². The molecule has 0 aliphatic carbocycles. The van der Waals surface area contributed by atoms with Gasteiger partial charge in [0.05, 0.1) is 18.0 Å². The van der Waals surface area contributed by atoms with Gasteiger partial charge in [0.1, 0.15) is 4.90 Å². The Morgan fingerprint density at radius 3 is 2.71 bits per heavy atom. The largest absolute Gasteiger partial charge is 0.392 e. The van der Waals surface area contributed by atoms with E-state index in [2.05, 4.69) is 9.71 Å². The Morgan fingerprint density at radius 2 is 2.10 bits per heavy atom. The Kier molecular flexibility index (Phi) is 5.23. The van der Waals surface area contributed by atoms with Gasteiger partial charge in [0.2, 0.25) is 10.0 Å². The summed E-state index contributed by atoms with van der Waals surface area (Å²) in [7, 11) is -3.78. The fourth-order valence-electron chi connectivity index (χ4n) is 1.73. The average Bonchev–Trinajstić information content (AvgIpc) is 2.92. The molecule has 1 aromatic carbocycles. The summed E-state index contributed by atoms with van der Waals surface area (Å²) in [6, 6.07) is 2.70. The van der Waals surface area contributed by atoms with Gasteiger partial charge >= 0.3 is 0 Å². The number of hydrogen-bond donors (Lipinski definition) is 2. The van der Waals surface area contributed by atoms with Crippen LogP contribution < -0.4 is 4.72 Å². The molecule has 1 aromatic heterocycles. The van der Waals surface area contributed by atoms with Crippen LogP contribution in [0, 0.1) is 0 Å². The second-order valence-corrected chi connectivity index (χ2v) is 6.71. The predicted molar refractivity (Wildman–Crippen MR) is 79.8 cm³/mol. The lowest BCUT2D eigenvalue weighted by Crippen LogP contribution is -2.27. The summed E-state index contributed by atoms with van der Waals surface area (Å²) in [4.78, 5) is 3.76. The summed E-state index contributed by atoms with van der Waals surface area (Å²) in [6.07, 6.45) is 4.93. The molecule has 0 amide bonds. The third-order valence-corrected chi connectivity index (χ3v) is 5.22. The van der Waals surface area contributed by atoms with Gasteiger partial charge in [-0.25, -0.2) is 18.1 Å². The van der Waals surface area contributed by atoms with E-state index < -0.39 is 16.6 Å². The Hall–Kier alpha value is -1.12. The van der Waals surface area contributed by atoms with Gasteiger partial charge in [-0.1, -0.05) is 23.2 Å². The van der Waals surface area contributed by atoms with E-state index in [0.717, 1.165) is 0 Å². The van der Waals surface area contributed by atoms with Crippen LogP contribution >= 0.6 is 23.2 Å². The van der Waals surface area contributed by atoms with Gasteiger partial charge in [-0.3, -0.25) is 0 Å². The van der Waals surface area contributed by atoms with E-state index in [1.807, 2.05) is 0 Å². The normalized spacial score (nSPS) is 11.8. The van der Waals surface area contributed by atoms with Crippen LogP contribution in [0.15, 0.2) is 35.7 Å².